The minimum Gasteiger partial charge on any atom is -0.497 e. The number of amides is 1. The second-order valence-electron chi connectivity index (χ2n) is 8.22. The van der Waals surface area contributed by atoms with Gasteiger partial charge in [-0.2, -0.15) is 0 Å². The van der Waals surface area contributed by atoms with Gasteiger partial charge in [0.1, 0.15) is 17.2 Å². The second kappa shape index (κ2) is 10.5. The molecule has 0 saturated carbocycles. The molecule has 0 aliphatic rings. The van der Waals surface area contributed by atoms with Crippen molar-refractivity contribution in [2.24, 2.45) is 0 Å². The Labute approximate surface area is 210 Å². The van der Waals surface area contributed by atoms with E-state index in [0.29, 0.717) is 28.5 Å². The molecule has 4 rings (SSSR count). The van der Waals surface area contributed by atoms with Gasteiger partial charge in [-0.1, -0.05) is 35.4 Å². The lowest BCUT2D eigenvalue weighted by Gasteiger charge is -2.16. The minimum atomic E-state index is -3.93. The average molecular weight is 503 g/mol. The molecule has 8 heteroatoms. The molecular formula is C28H26N2O5S. The zero-order valence-corrected chi connectivity index (χ0v) is 20.9. The molecule has 0 aliphatic heterocycles. The molecule has 1 amide bonds. The number of ether oxygens (including phenoxy) is 2. The molecule has 0 bridgehead atoms. The van der Waals surface area contributed by atoms with Crippen molar-refractivity contribution in [3.63, 3.8) is 0 Å². The quantitative estimate of drug-likeness (QED) is 0.301. The Balaban J connectivity index is 1.66. The van der Waals surface area contributed by atoms with Crippen molar-refractivity contribution in [1.29, 1.82) is 0 Å². The van der Waals surface area contributed by atoms with Gasteiger partial charge < -0.3 is 14.8 Å². The molecule has 0 spiro atoms. The van der Waals surface area contributed by atoms with Gasteiger partial charge in [0.25, 0.3) is 15.9 Å². The fourth-order valence-electron chi connectivity index (χ4n) is 3.38. The van der Waals surface area contributed by atoms with Gasteiger partial charge in [0.05, 0.1) is 23.4 Å². The summed E-state index contributed by atoms with van der Waals surface area (Å²) in [5.74, 6) is 1.24. The Hall–Kier alpha value is -4.30. The van der Waals surface area contributed by atoms with Crippen molar-refractivity contribution in [1.82, 2.24) is 0 Å². The molecule has 184 valence electrons. The van der Waals surface area contributed by atoms with Crippen LogP contribution in [0.4, 0.5) is 11.4 Å². The lowest BCUT2D eigenvalue weighted by atomic mass is 10.1. The molecule has 7 nitrogen and oxygen atoms in total. The van der Waals surface area contributed by atoms with Crippen LogP contribution in [-0.2, 0) is 10.0 Å². The van der Waals surface area contributed by atoms with Gasteiger partial charge in [-0.3, -0.25) is 9.52 Å². The lowest BCUT2D eigenvalue weighted by molar-refractivity contribution is 0.102. The molecule has 0 atom stereocenters. The molecule has 4 aromatic carbocycles. The Kier molecular flexibility index (Phi) is 7.26. The van der Waals surface area contributed by atoms with Crippen LogP contribution >= 0.6 is 0 Å². The number of carbonyl (C=O) groups is 1. The first-order valence-corrected chi connectivity index (χ1v) is 12.7. The first kappa shape index (κ1) is 24.8. The van der Waals surface area contributed by atoms with Crippen LogP contribution < -0.4 is 19.5 Å². The summed E-state index contributed by atoms with van der Waals surface area (Å²) in [5, 5.41) is 2.80. The van der Waals surface area contributed by atoms with Gasteiger partial charge in [-0.15, -0.1) is 0 Å². The van der Waals surface area contributed by atoms with E-state index in [0.717, 1.165) is 11.1 Å². The topological polar surface area (TPSA) is 93.7 Å². The third kappa shape index (κ3) is 6.03. The van der Waals surface area contributed by atoms with Crippen LogP contribution in [0.25, 0.3) is 0 Å². The van der Waals surface area contributed by atoms with Gasteiger partial charge >= 0.3 is 0 Å². The number of rotatable bonds is 8. The van der Waals surface area contributed by atoms with Crippen molar-refractivity contribution in [3.05, 3.63) is 108 Å². The molecule has 2 N–H and O–H groups in total. The van der Waals surface area contributed by atoms with E-state index in [9.17, 15) is 13.2 Å². The molecule has 0 radical (unpaired) electrons. The van der Waals surface area contributed by atoms with Crippen molar-refractivity contribution >= 4 is 27.3 Å². The summed E-state index contributed by atoms with van der Waals surface area (Å²) in [6, 6.07) is 25.4. The maximum absolute atomic E-state index is 13.1. The number of nitrogens with one attached hydrogen (secondary N) is 2. The van der Waals surface area contributed by atoms with E-state index in [-0.39, 0.29) is 16.5 Å². The summed E-state index contributed by atoms with van der Waals surface area (Å²) in [7, 11) is -2.36. The predicted molar refractivity (Wildman–Crippen MR) is 141 cm³/mol. The molecule has 4 aromatic rings. The highest BCUT2D eigenvalue weighted by Gasteiger charge is 2.18. The molecule has 0 unspecified atom stereocenters. The standard InChI is InChI=1S/C28H26N2O5S/c1-19-4-8-21(9-5-19)28(31)29-26-17-14-24(35-23-12-10-22(34-3)11-13-23)18-27(26)30-36(32,33)25-15-6-20(2)7-16-25/h4-18,30H,1-3H3,(H,29,31). The third-order valence-electron chi connectivity index (χ3n) is 5.42. The molecule has 0 aliphatic carbocycles. The number of sulfonamides is 1. The number of hydrogen-bond acceptors (Lipinski definition) is 5. The highest BCUT2D eigenvalue weighted by atomic mass is 32.2. The average Bonchev–Trinajstić information content (AvgIpc) is 2.86. The summed E-state index contributed by atoms with van der Waals surface area (Å²) in [5.41, 5.74) is 2.87. The van der Waals surface area contributed by atoms with Crippen LogP contribution in [0, 0.1) is 13.8 Å². The van der Waals surface area contributed by atoms with E-state index >= 15 is 0 Å². The maximum Gasteiger partial charge on any atom is 0.261 e. The maximum atomic E-state index is 13.1. The van der Waals surface area contributed by atoms with Crippen LogP contribution in [0.3, 0.4) is 0 Å². The smallest absolute Gasteiger partial charge is 0.261 e. The zero-order valence-electron chi connectivity index (χ0n) is 20.1. The lowest BCUT2D eigenvalue weighted by Crippen LogP contribution is -2.17. The Morgan fingerprint density at radius 2 is 1.25 bits per heavy atom. The van der Waals surface area contributed by atoms with Crippen molar-refractivity contribution < 1.29 is 22.7 Å². The SMILES string of the molecule is COc1ccc(Oc2ccc(NC(=O)c3ccc(C)cc3)c(NS(=O)(=O)c3ccc(C)cc3)c2)cc1. The van der Waals surface area contributed by atoms with Crippen LogP contribution in [0.2, 0.25) is 0 Å². The number of methoxy groups -OCH3 is 1. The van der Waals surface area contributed by atoms with Crippen LogP contribution in [-0.4, -0.2) is 21.4 Å². The van der Waals surface area contributed by atoms with Gasteiger partial charge in [0.2, 0.25) is 0 Å². The third-order valence-corrected chi connectivity index (χ3v) is 6.81. The summed E-state index contributed by atoms with van der Waals surface area (Å²) in [6.07, 6.45) is 0. The Morgan fingerprint density at radius 1 is 0.694 bits per heavy atom. The van der Waals surface area contributed by atoms with Gasteiger partial charge in [0.15, 0.2) is 0 Å². The van der Waals surface area contributed by atoms with Crippen molar-refractivity contribution in [3.8, 4) is 17.2 Å². The highest BCUT2D eigenvalue weighted by Crippen LogP contribution is 2.32. The molecule has 0 fully saturated rings. The van der Waals surface area contributed by atoms with E-state index in [2.05, 4.69) is 10.0 Å². The monoisotopic (exact) mass is 502 g/mol. The van der Waals surface area contributed by atoms with Gasteiger partial charge in [0, 0.05) is 11.6 Å². The predicted octanol–water partition coefficient (Wildman–Crippen LogP) is 6.16. The normalized spacial score (nSPS) is 11.0. The number of carbonyl (C=O) groups excluding carboxylic acids is 1. The number of hydrogen-bond donors (Lipinski definition) is 2. The number of aryl methyl sites for hydroxylation is 2. The largest absolute Gasteiger partial charge is 0.497 e. The number of benzene rings is 4. The first-order valence-electron chi connectivity index (χ1n) is 11.2. The van der Waals surface area contributed by atoms with E-state index in [1.54, 1.807) is 67.8 Å². The van der Waals surface area contributed by atoms with Crippen LogP contribution in [0.15, 0.2) is 95.9 Å². The summed E-state index contributed by atoms with van der Waals surface area (Å²) in [6.45, 7) is 3.81. The molecular weight excluding hydrogens is 476 g/mol. The molecule has 0 saturated heterocycles. The Bertz CT molecular complexity index is 1460. The summed E-state index contributed by atoms with van der Waals surface area (Å²) in [4.78, 5) is 13.0. The van der Waals surface area contributed by atoms with E-state index in [1.165, 1.54) is 18.2 Å². The summed E-state index contributed by atoms with van der Waals surface area (Å²) >= 11 is 0. The Morgan fingerprint density at radius 3 is 1.86 bits per heavy atom. The van der Waals surface area contributed by atoms with Crippen molar-refractivity contribution in [2.45, 2.75) is 18.7 Å². The molecule has 0 heterocycles. The zero-order chi connectivity index (χ0) is 25.7. The summed E-state index contributed by atoms with van der Waals surface area (Å²) < 4.78 is 39.9. The van der Waals surface area contributed by atoms with E-state index in [1.807, 2.05) is 26.0 Å². The minimum absolute atomic E-state index is 0.102. The van der Waals surface area contributed by atoms with Crippen LogP contribution in [0.1, 0.15) is 21.5 Å². The second-order valence-corrected chi connectivity index (χ2v) is 9.91. The fourth-order valence-corrected chi connectivity index (χ4v) is 4.45. The fraction of sp³-hybridized carbons (Fsp3) is 0.107. The number of anilines is 2. The van der Waals surface area contributed by atoms with E-state index < -0.39 is 10.0 Å². The van der Waals surface area contributed by atoms with E-state index in [4.69, 9.17) is 9.47 Å². The van der Waals surface area contributed by atoms with Crippen LogP contribution in [0.5, 0.6) is 17.2 Å². The molecule has 0 aromatic heterocycles. The van der Waals surface area contributed by atoms with Crippen molar-refractivity contribution in [2.75, 3.05) is 17.1 Å². The molecule has 36 heavy (non-hydrogen) atoms. The first-order chi connectivity index (χ1) is 17.2. The highest BCUT2D eigenvalue weighted by molar-refractivity contribution is 7.92. The van der Waals surface area contributed by atoms with Gasteiger partial charge in [-0.25, -0.2) is 8.42 Å². The van der Waals surface area contributed by atoms with Gasteiger partial charge in [-0.05, 0) is 74.5 Å².